The van der Waals surface area contributed by atoms with E-state index >= 15 is 0 Å². The minimum Gasteiger partial charge on any atom is -0.465 e. The van der Waals surface area contributed by atoms with E-state index in [0.29, 0.717) is 17.7 Å². The van der Waals surface area contributed by atoms with Crippen LogP contribution in [0.3, 0.4) is 0 Å². The van der Waals surface area contributed by atoms with Crippen molar-refractivity contribution in [1.82, 2.24) is 5.32 Å². The van der Waals surface area contributed by atoms with Crippen LogP contribution in [-0.4, -0.2) is 28.6 Å². The molecule has 2 rings (SSSR count). The van der Waals surface area contributed by atoms with Crippen molar-refractivity contribution in [3.05, 3.63) is 71.8 Å². The van der Waals surface area contributed by atoms with E-state index in [0.717, 1.165) is 6.42 Å². The maximum atomic E-state index is 11.9. The monoisotopic (exact) mass is 315 g/mol. The minimum atomic E-state index is -1.08. The summed E-state index contributed by atoms with van der Waals surface area (Å²) in [5.74, 6) is -0.271. The Bertz CT molecular complexity index is 599. The Kier molecular flexibility index (Phi) is 8.10. The molecule has 0 aliphatic rings. The number of carbonyl (C=O) groups excluding carboxylic acids is 1. The molecule has 23 heavy (non-hydrogen) atoms. The third kappa shape index (κ3) is 6.76. The van der Waals surface area contributed by atoms with Gasteiger partial charge in [-0.05, 0) is 12.0 Å². The van der Waals surface area contributed by atoms with Crippen LogP contribution in [0, 0.1) is 0 Å². The highest BCUT2D eigenvalue weighted by Gasteiger charge is 2.18. The Hall–Kier alpha value is -2.66. The lowest BCUT2D eigenvalue weighted by atomic mass is 10.0. The highest BCUT2D eigenvalue weighted by Crippen LogP contribution is 2.17. The van der Waals surface area contributed by atoms with Crippen LogP contribution in [0.1, 0.15) is 35.4 Å². The molecule has 0 radical (unpaired) electrons. The summed E-state index contributed by atoms with van der Waals surface area (Å²) in [7, 11) is 0. The summed E-state index contributed by atoms with van der Waals surface area (Å²) in [6, 6.07) is 17.7. The molecule has 0 spiro atoms. The summed E-state index contributed by atoms with van der Waals surface area (Å²) >= 11 is 0. The van der Waals surface area contributed by atoms with Gasteiger partial charge in [-0.1, -0.05) is 67.6 Å². The SMILES string of the molecule is CCCNC(=O)O.O=C(c1ccccc1)C(O)c1ccccc1. The number of carboxylic acid groups (broad SMARTS) is 1. The number of nitrogens with one attached hydrogen (secondary N) is 1. The van der Waals surface area contributed by atoms with Crippen molar-refractivity contribution in [3.63, 3.8) is 0 Å². The zero-order chi connectivity index (χ0) is 17.1. The van der Waals surface area contributed by atoms with Crippen molar-refractivity contribution in [2.45, 2.75) is 19.4 Å². The molecule has 0 saturated carbocycles. The van der Waals surface area contributed by atoms with Gasteiger partial charge in [0.2, 0.25) is 0 Å². The second-order valence-corrected chi connectivity index (χ2v) is 4.78. The van der Waals surface area contributed by atoms with Crippen LogP contribution in [0.5, 0.6) is 0 Å². The molecule has 122 valence electrons. The second-order valence-electron chi connectivity index (χ2n) is 4.78. The van der Waals surface area contributed by atoms with Crippen LogP contribution in [0.4, 0.5) is 4.79 Å². The van der Waals surface area contributed by atoms with Crippen LogP contribution in [-0.2, 0) is 0 Å². The molecule has 2 aromatic rings. The number of amides is 1. The maximum Gasteiger partial charge on any atom is 0.404 e. The van der Waals surface area contributed by atoms with Crippen LogP contribution >= 0.6 is 0 Å². The molecular weight excluding hydrogens is 294 g/mol. The van der Waals surface area contributed by atoms with E-state index in [2.05, 4.69) is 5.32 Å². The van der Waals surface area contributed by atoms with Gasteiger partial charge < -0.3 is 15.5 Å². The average molecular weight is 315 g/mol. The number of aliphatic hydroxyl groups is 1. The van der Waals surface area contributed by atoms with Crippen molar-refractivity contribution in [2.24, 2.45) is 0 Å². The normalized spacial score (nSPS) is 10.9. The van der Waals surface area contributed by atoms with Crippen LogP contribution in [0.15, 0.2) is 60.7 Å². The first-order valence-corrected chi connectivity index (χ1v) is 7.35. The van der Waals surface area contributed by atoms with Crippen LogP contribution in [0.25, 0.3) is 0 Å². The number of hydrogen-bond donors (Lipinski definition) is 3. The lowest BCUT2D eigenvalue weighted by molar-refractivity contribution is 0.0747. The van der Waals surface area contributed by atoms with E-state index < -0.39 is 12.2 Å². The third-order valence-electron chi connectivity index (χ3n) is 2.95. The zero-order valence-corrected chi connectivity index (χ0v) is 13.0. The molecular formula is C18H21NO4. The first-order valence-electron chi connectivity index (χ1n) is 7.35. The third-order valence-corrected chi connectivity index (χ3v) is 2.95. The molecule has 2 aromatic carbocycles. The molecule has 1 unspecified atom stereocenters. The molecule has 0 aromatic heterocycles. The summed E-state index contributed by atoms with van der Waals surface area (Å²) in [5, 5.41) is 20.0. The largest absolute Gasteiger partial charge is 0.465 e. The molecule has 3 N–H and O–H groups in total. The van der Waals surface area contributed by atoms with Gasteiger partial charge in [-0.3, -0.25) is 4.79 Å². The number of Topliss-reactive ketones (excluding diaryl/α,β-unsaturated/α-hetero) is 1. The fourth-order valence-corrected chi connectivity index (χ4v) is 1.78. The summed E-state index contributed by atoms with van der Waals surface area (Å²) in [6.45, 7) is 2.46. The van der Waals surface area contributed by atoms with Gasteiger partial charge in [-0.15, -0.1) is 0 Å². The average Bonchev–Trinajstić information content (AvgIpc) is 2.60. The Morgan fingerprint density at radius 3 is 1.96 bits per heavy atom. The van der Waals surface area contributed by atoms with Gasteiger partial charge in [0.15, 0.2) is 5.78 Å². The Labute approximate surface area is 135 Å². The van der Waals surface area contributed by atoms with E-state index in [1.807, 2.05) is 19.1 Å². The number of hydrogen-bond acceptors (Lipinski definition) is 3. The molecule has 0 fully saturated rings. The molecule has 5 heteroatoms. The van der Waals surface area contributed by atoms with E-state index in [1.165, 1.54) is 0 Å². The highest BCUT2D eigenvalue weighted by atomic mass is 16.4. The van der Waals surface area contributed by atoms with Crippen molar-refractivity contribution in [1.29, 1.82) is 0 Å². The fraction of sp³-hybridized carbons (Fsp3) is 0.222. The number of ketones is 1. The number of benzene rings is 2. The highest BCUT2D eigenvalue weighted by molar-refractivity contribution is 5.99. The van der Waals surface area contributed by atoms with Gasteiger partial charge >= 0.3 is 6.09 Å². The first kappa shape index (κ1) is 18.4. The quantitative estimate of drug-likeness (QED) is 0.739. The lowest BCUT2D eigenvalue weighted by Crippen LogP contribution is -2.20. The first-order chi connectivity index (χ1) is 11.1. The molecule has 0 saturated heterocycles. The molecule has 1 atom stereocenters. The van der Waals surface area contributed by atoms with Gasteiger partial charge in [-0.25, -0.2) is 4.79 Å². The van der Waals surface area contributed by atoms with Crippen molar-refractivity contribution < 1.29 is 19.8 Å². The number of aliphatic hydroxyl groups excluding tert-OH is 1. The molecule has 0 bridgehead atoms. The molecule has 1 amide bonds. The molecule has 0 heterocycles. The van der Waals surface area contributed by atoms with Crippen LogP contribution < -0.4 is 5.32 Å². The molecule has 0 aliphatic heterocycles. The van der Waals surface area contributed by atoms with Crippen molar-refractivity contribution >= 4 is 11.9 Å². The Balaban J connectivity index is 0.000000322. The second kappa shape index (κ2) is 10.1. The fourth-order valence-electron chi connectivity index (χ4n) is 1.78. The summed E-state index contributed by atoms with van der Waals surface area (Å²) in [6.07, 6.45) is -1.17. The van der Waals surface area contributed by atoms with Gasteiger partial charge in [0, 0.05) is 12.1 Å². The van der Waals surface area contributed by atoms with E-state index in [1.54, 1.807) is 48.5 Å². The van der Waals surface area contributed by atoms with Gasteiger partial charge in [0.05, 0.1) is 0 Å². The topological polar surface area (TPSA) is 86.6 Å². The van der Waals surface area contributed by atoms with Gasteiger partial charge in [0.1, 0.15) is 6.10 Å². The predicted octanol–water partition coefficient (Wildman–Crippen LogP) is 3.27. The van der Waals surface area contributed by atoms with E-state index in [-0.39, 0.29) is 5.78 Å². The summed E-state index contributed by atoms with van der Waals surface area (Å²) in [4.78, 5) is 21.5. The molecule has 0 aliphatic carbocycles. The lowest BCUT2D eigenvalue weighted by Gasteiger charge is -2.09. The number of rotatable bonds is 5. The standard InChI is InChI=1S/C14H12O2.C4H9NO2/c15-13(11-7-3-1-4-8-11)14(16)12-9-5-2-6-10-12;1-2-3-5-4(6)7/h1-10,13,15H;5H,2-3H2,1H3,(H,6,7). The Morgan fingerprint density at radius 2 is 1.52 bits per heavy atom. The minimum absolute atomic E-state index is 0.271. The summed E-state index contributed by atoms with van der Waals surface area (Å²) < 4.78 is 0. The van der Waals surface area contributed by atoms with E-state index in [4.69, 9.17) is 5.11 Å². The Morgan fingerprint density at radius 1 is 1.00 bits per heavy atom. The van der Waals surface area contributed by atoms with Crippen LogP contribution in [0.2, 0.25) is 0 Å². The summed E-state index contributed by atoms with van der Waals surface area (Å²) in [5.41, 5.74) is 1.15. The van der Waals surface area contributed by atoms with Crippen molar-refractivity contribution in [3.8, 4) is 0 Å². The van der Waals surface area contributed by atoms with Crippen molar-refractivity contribution in [2.75, 3.05) is 6.54 Å². The van der Waals surface area contributed by atoms with E-state index in [9.17, 15) is 14.7 Å². The smallest absolute Gasteiger partial charge is 0.404 e. The predicted molar refractivity (Wildman–Crippen MR) is 88.5 cm³/mol. The van der Waals surface area contributed by atoms with Gasteiger partial charge in [0.25, 0.3) is 0 Å². The van der Waals surface area contributed by atoms with Gasteiger partial charge in [-0.2, -0.15) is 0 Å². The molecule has 5 nitrogen and oxygen atoms in total. The maximum absolute atomic E-state index is 11.9. The zero-order valence-electron chi connectivity index (χ0n) is 13.0. The number of carbonyl (C=O) groups is 2.